The molecule has 1 unspecified atom stereocenters. The molecule has 0 spiro atoms. The van der Waals surface area contributed by atoms with Gasteiger partial charge in [0.05, 0.1) is 17.7 Å². The number of fused-ring (bicyclic) bond motifs is 1. The third-order valence-electron chi connectivity index (χ3n) is 2.37. The zero-order valence-electron chi connectivity index (χ0n) is 7.99. The lowest BCUT2D eigenvalue weighted by atomic mass is 10.0. The van der Waals surface area contributed by atoms with Crippen molar-refractivity contribution in [1.29, 1.82) is 0 Å². The summed E-state index contributed by atoms with van der Waals surface area (Å²) in [7, 11) is 1.49. The second-order valence-electron chi connectivity index (χ2n) is 3.19. The first-order valence-electron chi connectivity index (χ1n) is 4.37. The van der Waals surface area contributed by atoms with Gasteiger partial charge in [-0.2, -0.15) is 0 Å². The van der Waals surface area contributed by atoms with Crippen molar-refractivity contribution in [3.05, 3.63) is 22.7 Å². The fraction of sp³-hybridized carbons (Fsp3) is 0.300. The maximum absolute atomic E-state index is 11.0. The highest BCUT2D eigenvalue weighted by Gasteiger charge is 2.34. The standard InChI is InChI=1S/C10H9ClO4/c1-14-7-3-2-6(11)9-8(7)5(4-15-9)10(12)13/h2-3,5H,4H2,1H3,(H,12,13). The van der Waals surface area contributed by atoms with Gasteiger partial charge in [-0.1, -0.05) is 11.6 Å². The van der Waals surface area contributed by atoms with Crippen LogP contribution in [-0.2, 0) is 4.79 Å². The third kappa shape index (κ3) is 1.51. The lowest BCUT2D eigenvalue weighted by Crippen LogP contribution is -2.13. The van der Waals surface area contributed by atoms with Gasteiger partial charge in [-0.25, -0.2) is 0 Å². The molecule has 4 nitrogen and oxygen atoms in total. The number of carboxylic acid groups (broad SMARTS) is 1. The van der Waals surface area contributed by atoms with Gasteiger partial charge in [0.1, 0.15) is 24.0 Å². The van der Waals surface area contributed by atoms with E-state index in [4.69, 9.17) is 26.2 Å². The van der Waals surface area contributed by atoms with E-state index in [1.807, 2.05) is 0 Å². The topological polar surface area (TPSA) is 55.8 Å². The maximum Gasteiger partial charge on any atom is 0.314 e. The molecule has 1 heterocycles. The summed E-state index contributed by atoms with van der Waals surface area (Å²) in [5.74, 6) is -0.717. The van der Waals surface area contributed by atoms with Crippen molar-refractivity contribution in [2.45, 2.75) is 5.92 Å². The SMILES string of the molecule is COc1ccc(Cl)c2c1C(C(=O)O)CO2. The molecule has 1 aromatic carbocycles. The van der Waals surface area contributed by atoms with Crippen molar-refractivity contribution in [3.8, 4) is 11.5 Å². The molecular formula is C10H9ClO4. The molecular weight excluding hydrogens is 220 g/mol. The van der Waals surface area contributed by atoms with Crippen LogP contribution >= 0.6 is 11.6 Å². The van der Waals surface area contributed by atoms with E-state index in [1.54, 1.807) is 12.1 Å². The van der Waals surface area contributed by atoms with Gasteiger partial charge in [0.15, 0.2) is 0 Å². The Hall–Kier alpha value is -1.42. The third-order valence-corrected chi connectivity index (χ3v) is 2.67. The van der Waals surface area contributed by atoms with Crippen LogP contribution in [0.15, 0.2) is 12.1 Å². The summed E-state index contributed by atoms with van der Waals surface area (Å²) in [6.07, 6.45) is 0. The Morgan fingerprint density at radius 3 is 3.00 bits per heavy atom. The van der Waals surface area contributed by atoms with Crippen LogP contribution in [-0.4, -0.2) is 24.8 Å². The Labute approximate surface area is 91.4 Å². The second-order valence-corrected chi connectivity index (χ2v) is 3.60. The van der Waals surface area contributed by atoms with E-state index in [9.17, 15) is 4.79 Å². The molecule has 2 rings (SSSR count). The molecule has 0 radical (unpaired) electrons. The Kier molecular flexibility index (Phi) is 2.44. The van der Waals surface area contributed by atoms with Gasteiger partial charge in [-0.15, -0.1) is 0 Å². The van der Waals surface area contributed by atoms with E-state index in [2.05, 4.69) is 0 Å². The van der Waals surface area contributed by atoms with E-state index in [0.29, 0.717) is 22.1 Å². The quantitative estimate of drug-likeness (QED) is 0.840. The molecule has 0 aliphatic carbocycles. The first-order valence-corrected chi connectivity index (χ1v) is 4.75. The molecule has 1 aliphatic rings. The number of carboxylic acids is 1. The molecule has 0 saturated carbocycles. The highest BCUT2D eigenvalue weighted by atomic mass is 35.5. The molecule has 1 N–H and O–H groups in total. The van der Waals surface area contributed by atoms with Gasteiger partial charge < -0.3 is 14.6 Å². The van der Waals surface area contributed by atoms with Gasteiger partial charge in [-0.05, 0) is 12.1 Å². The number of hydrogen-bond donors (Lipinski definition) is 1. The fourth-order valence-corrected chi connectivity index (χ4v) is 1.87. The summed E-state index contributed by atoms with van der Waals surface area (Å²) < 4.78 is 10.3. The molecule has 0 fully saturated rings. The Morgan fingerprint density at radius 2 is 2.40 bits per heavy atom. The number of ether oxygens (including phenoxy) is 2. The molecule has 0 aromatic heterocycles. The van der Waals surface area contributed by atoms with E-state index in [-0.39, 0.29) is 6.61 Å². The monoisotopic (exact) mass is 228 g/mol. The second kappa shape index (κ2) is 3.62. The number of halogens is 1. The zero-order valence-corrected chi connectivity index (χ0v) is 8.75. The minimum Gasteiger partial charge on any atom is -0.496 e. The van der Waals surface area contributed by atoms with Crippen molar-refractivity contribution < 1.29 is 19.4 Å². The van der Waals surface area contributed by atoms with Crippen molar-refractivity contribution in [2.75, 3.05) is 13.7 Å². The van der Waals surface area contributed by atoms with E-state index in [1.165, 1.54) is 7.11 Å². The minimum atomic E-state index is -0.936. The first-order chi connectivity index (χ1) is 7.15. The Balaban J connectivity index is 2.58. The summed E-state index contributed by atoms with van der Waals surface area (Å²) >= 11 is 5.90. The smallest absolute Gasteiger partial charge is 0.314 e. The molecule has 1 atom stereocenters. The van der Waals surface area contributed by atoms with Crippen LogP contribution in [0.3, 0.4) is 0 Å². The number of methoxy groups -OCH3 is 1. The average molecular weight is 229 g/mol. The van der Waals surface area contributed by atoms with Crippen LogP contribution in [0.4, 0.5) is 0 Å². The number of benzene rings is 1. The molecule has 0 amide bonds. The molecule has 1 aromatic rings. The molecule has 0 saturated heterocycles. The summed E-state index contributed by atoms with van der Waals surface area (Å²) in [5.41, 5.74) is 0.525. The number of carbonyl (C=O) groups is 1. The van der Waals surface area contributed by atoms with Gasteiger partial charge in [0.25, 0.3) is 0 Å². The van der Waals surface area contributed by atoms with Crippen LogP contribution in [0.2, 0.25) is 5.02 Å². The summed E-state index contributed by atoms with van der Waals surface area (Å²) in [6, 6.07) is 3.27. The van der Waals surface area contributed by atoms with Crippen LogP contribution < -0.4 is 9.47 Å². The lowest BCUT2D eigenvalue weighted by molar-refractivity contribution is -0.139. The summed E-state index contributed by atoms with van der Waals surface area (Å²) in [5, 5.41) is 9.40. The number of hydrogen-bond acceptors (Lipinski definition) is 3. The van der Waals surface area contributed by atoms with Gasteiger partial charge in [-0.3, -0.25) is 4.79 Å². The first kappa shape index (κ1) is 10.1. The largest absolute Gasteiger partial charge is 0.496 e. The zero-order chi connectivity index (χ0) is 11.0. The predicted octanol–water partition coefficient (Wildman–Crippen LogP) is 1.91. The van der Waals surface area contributed by atoms with Crippen molar-refractivity contribution in [2.24, 2.45) is 0 Å². The Bertz CT molecular complexity index is 416. The Morgan fingerprint density at radius 1 is 1.67 bits per heavy atom. The van der Waals surface area contributed by atoms with Crippen LogP contribution in [0.25, 0.3) is 0 Å². The number of aliphatic carboxylic acids is 1. The van der Waals surface area contributed by atoms with E-state index >= 15 is 0 Å². The molecule has 80 valence electrons. The van der Waals surface area contributed by atoms with Crippen molar-refractivity contribution in [1.82, 2.24) is 0 Å². The average Bonchev–Trinajstić information content (AvgIpc) is 2.64. The highest BCUT2D eigenvalue weighted by molar-refractivity contribution is 6.32. The van der Waals surface area contributed by atoms with Gasteiger partial charge in [0.2, 0.25) is 0 Å². The van der Waals surface area contributed by atoms with Gasteiger partial charge >= 0.3 is 5.97 Å². The predicted molar refractivity (Wildman–Crippen MR) is 53.9 cm³/mol. The highest BCUT2D eigenvalue weighted by Crippen LogP contribution is 2.44. The van der Waals surface area contributed by atoms with Crippen molar-refractivity contribution in [3.63, 3.8) is 0 Å². The van der Waals surface area contributed by atoms with Crippen LogP contribution in [0.5, 0.6) is 11.5 Å². The van der Waals surface area contributed by atoms with E-state index in [0.717, 1.165) is 0 Å². The fourth-order valence-electron chi connectivity index (χ4n) is 1.65. The molecule has 1 aliphatic heterocycles. The number of rotatable bonds is 2. The molecule has 15 heavy (non-hydrogen) atoms. The van der Waals surface area contributed by atoms with Gasteiger partial charge in [0, 0.05) is 0 Å². The summed E-state index contributed by atoms with van der Waals surface area (Å²) in [6.45, 7) is 0.102. The summed E-state index contributed by atoms with van der Waals surface area (Å²) in [4.78, 5) is 11.0. The minimum absolute atomic E-state index is 0.102. The lowest BCUT2D eigenvalue weighted by Gasteiger charge is -2.09. The van der Waals surface area contributed by atoms with E-state index < -0.39 is 11.9 Å². The van der Waals surface area contributed by atoms with Crippen LogP contribution in [0.1, 0.15) is 11.5 Å². The maximum atomic E-state index is 11.0. The van der Waals surface area contributed by atoms with Crippen molar-refractivity contribution >= 4 is 17.6 Å². The molecule has 5 heteroatoms. The molecule has 0 bridgehead atoms. The normalized spacial score (nSPS) is 18.1. The van der Waals surface area contributed by atoms with Crippen LogP contribution in [0, 0.1) is 0 Å².